The Morgan fingerprint density at radius 3 is 2.87 bits per heavy atom. The van der Waals surface area contributed by atoms with Gasteiger partial charge in [-0.05, 0) is 6.07 Å². The molecule has 0 spiro atoms. The van der Waals surface area contributed by atoms with Crippen molar-refractivity contribution in [3.63, 3.8) is 0 Å². The van der Waals surface area contributed by atoms with Gasteiger partial charge in [-0.2, -0.15) is 8.78 Å². The van der Waals surface area contributed by atoms with Crippen molar-refractivity contribution >= 4 is 11.2 Å². The van der Waals surface area contributed by atoms with Crippen LogP contribution in [0, 0.1) is 0 Å². The fraction of sp³-hybridized carbons (Fsp3) is 0.389. The number of halogens is 2. The molecule has 4 rings (SSSR count). The summed E-state index contributed by atoms with van der Waals surface area (Å²) in [5, 5.41) is 20.1. The molecule has 3 heterocycles. The molecule has 1 fully saturated rings. The first-order chi connectivity index (χ1) is 14.5. The number of rotatable bonds is 7. The van der Waals surface area contributed by atoms with E-state index >= 15 is 0 Å². The Balaban J connectivity index is 1.62. The maximum atomic E-state index is 12.6. The van der Waals surface area contributed by atoms with E-state index in [1.54, 1.807) is 18.2 Å². The van der Waals surface area contributed by atoms with Crippen LogP contribution in [0.15, 0.2) is 41.7 Å². The molecule has 2 aromatic heterocycles. The molecule has 0 aliphatic carbocycles. The Morgan fingerprint density at radius 2 is 2.10 bits per heavy atom. The highest BCUT2D eigenvalue weighted by molar-refractivity contribution is 5.68. The van der Waals surface area contributed by atoms with Crippen molar-refractivity contribution in [3.8, 4) is 5.75 Å². The zero-order valence-electron chi connectivity index (χ0n) is 15.4. The number of alkyl halides is 2. The standard InChI is InChI=1S/C18H18F2N4O6/c19-18(20)30-10-4-2-1-3-9(10)6-28-14-13(26)11(5-25)29-17(14)24-8-23-12-15(24)21-7-22-16(12)27/h1-4,7-8,11,13-14,17-18,25-26H,5-6H2,(H,21,22,27)/t11-,13?,14?,17-/m1/s1. The van der Waals surface area contributed by atoms with Gasteiger partial charge < -0.3 is 29.4 Å². The van der Waals surface area contributed by atoms with Crippen LogP contribution in [0.3, 0.4) is 0 Å². The fourth-order valence-corrected chi connectivity index (χ4v) is 3.34. The van der Waals surface area contributed by atoms with Crippen molar-refractivity contribution in [1.82, 2.24) is 19.5 Å². The molecular weight excluding hydrogens is 406 g/mol. The van der Waals surface area contributed by atoms with E-state index in [-0.39, 0.29) is 23.5 Å². The number of aliphatic hydroxyl groups is 2. The number of hydrogen-bond acceptors (Lipinski definition) is 8. The van der Waals surface area contributed by atoms with Gasteiger partial charge in [0.25, 0.3) is 5.56 Å². The third kappa shape index (κ3) is 3.77. The van der Waals surface area contributed by atoms with Crippen LogP contribution in [0.2, 0.25) is 0 Å². The Bertz CT molecular complexity index is 1070. The number of H-pyrrole nitrogens is 1. The van der Waals surface area contributed by atoms with Crippen molar-refractivity contribution in [2.75, 3.05) is 6.61 Å². The number of benzene rings is 1. The molecule has 0 bridgehead atoms. The average Bonchev–Trinajstić information content (AvgIpc) is 3.28. The second kappa shape index (κ2) is 8.44. The van der Waals surface area contributed by atoms with Gasteiger partial charge in [-0.15, -0.1) is 0 Å². The molecular formula is C18H18F2N4O6. The summed E-state index contributed by atoms with van der Waals surface area (Å²) < 4.78 is 42.7. The minimum absolute atomic E-state index is 0.0579. The number of ether oxygens (including phenoxy) is 3. The molecule has 0 amide bonds. The minimum atomic E-state index is -3.00. The molecule has 1 saturated heterocycles. The number of nitrogens with one attached hydrogen (secondary N) is 1. The summed E-state index contributed by atoms with van der Waals surface area (Å²) in [6.07, 6.45) is -1.67. The summed E-state index contributed by atoms with van der Waals surface area (Å²) in [6, 6.07) is 6.10. The molecule has 1 aliphatic heterocycles. The van der Waals surface area contributed by atoms with Crippen LogP contribution < -0.4 is 10.3 Å². The predicted molar refractivity (Wildman–Crippen MR) is 96.8 cm³/mol. The van der Waals surface area contributed by atoms with E-state index in [2.05, 4.69) is 19.7 Å². The predicted octanol–water partition coefficient (Wildman–Crippen LogP) is 0.557. The zero-order valence-corrected chi connectivity index (χ0v) is 15.4. The Morgan fingerprint density at radius 1 is 1.30 bits per heavy atom. The SMILES string of the molecule is O=c1[nH]cnc2c1ncn2[C@@H]1O[C@H](CO)C(O)C1OCc1ccccc1OC(F)F. The van der Waals surface area contributed by atoms with Crippen LogP contribution in [-0.2, 0) is 16.1 Å². The largest absolute Gasteiger partial charge is 0.434 e. The molecule has 0 radical (unpaired) electrons. The fourth-order valence-electron chi connectivity index (χ4n) is 3.34. The van der Waals surface area contributed by atoms with E-state index in [0.717, 1.165) is 0 Å². The zero-order chi connectivity index (χ0) is 21.3. The molecule has 3 N–H and O–H groups in total. The van der Waals surface area contributed by atoms with Gasteiger partial charge in [0.1, 0.15) is 24.1 Å². The van der Waals surface area contributed by atoms with Crippen molar-refractivity contribution < 1.29 is 33.2 Å². The monoisotopic (exact) mass is 424 g/mol. The van der Waals surface area contributed by atoms with E-state index in [4.69, 9.17) is 9.47 Å². The Kier molecular flexibility index (Phi) is 5.72. The number of para-hydroxylation sites is 1. The van der Waals surface area contributed by atoms with Gasteiger partial charge in [0.15, 0.2) is 17.4 Å². The van der Waals surface area contributed by atoms with Crippen LogP contribution >= 0.6 is 0 Å². The van der Waals surface area contributed by atoms with E-state index in [0.29, 0.717) is 5.56 Å². The summed E-state index contributed by atoms with van der Waals surface area (Å²) in [4.78, 5) is 22.4. The number of nitrogens with zero attached hydrogens (tertiary/aromatic N) is 3. The van der Waals surface area contributed by atoms with Crippen LogP contribution in [0.25, 0.3) is 11.2 Å². The lowest BCUT2D eigenvalue weighted by Crippen LogP contribution is -2.35. The minimum Gasteiger partial charge on any atom is -0.434 e. The van der Waals surface area contributed by atoms with Gasteiger partial charge in [-0.25, -0.2) is 9.97 Å². The Hall–Kier alpha value is -2.93. The molecule has 10 nitrogen and oxygen atoms in total. The van der Waals surface area contributed by atoms with Crippen molar-refractivity contribution in [2.24, 2.45) is 0 Å². The van der Waals surface area contributed by atoms with Gasteiger partial charge in [-0.1, -0.05) is 18.2 Å². The van der Waals surface area contributed by atoms with E-state index in [9.17, 15) is 23.8 Å². The lowest BCUT2D eigenvalue weighted by atomic mass is 10.1. The highest BCUT2D eigenvalue weighted by Crippen LogP contribution is 2.34. The average molecular weight is 424 g/mol. The van der Waals surface area contributed by atoms with Gasteiger partial charge in [-0.3, -0.25) is 9.36 Å². The summed E-state index contributed by atoms with van der Waals surface area (Å²) in [5.74, 6) is -0.0579. The van der Waals surface area contributed by atoms with Crippen LogP contribution in [0.4, 0.5) is 8.78 Å². The first kappa shape index (κ1) is 20.3. The second-order valence-electron chi connectivity index (χ2n) is 6.56. The van der Waals surface area contributed by atoms with Crippen molar-refractivity contribution in [3.05, 3.63) is 52.8 Å². The smallest absolute Gasteiger partial charge is 0.387 e. The maximum Gasteiger partial charge on any atom is 0.387 e. The lowest BCUT2D eigenvalue weighted by Gasteiger charge is -2.22. The summed E-state index contributed by atoms with van der Waals surface area (Å²) in [6.45, 7) is -3.66. The molecule has 2 unspecified atom stereocenters. The quantitative estimate of drug-likeness (QED) is 0.501. The van der Waals surface area contributed by atoms with Gasteiger partial charge in [0.05, 0.1) is 25.9 Å². The first-order valence-corrected chi connectivity index (χ1v) is 8.98. The number of aromatic nitrogens is 4. The Labute approximate surface area is 167 Å². The number of hydrogen-bond donors (Lipinski definition) is 3. The number of aliphatic hydroxyl groups excluding tert-OH is 2. The number of fused-ring (bicyclic) bond motifs is 1. The van der Waals surface area contributed by atoms with Crippen LogP contribution in [0.5, 0.6) is 5.75 Å². The molecule has 1 aromatic carbocycles. The topological polar surface area (TPSA) is 132 Å². The normalized spacial score (nSPS) is 24.0. The summed E-state index contributed by atoms with van der Waals surface area (Å²) in [7, 11) is 0. The second-order valence-corrected chi connectivity index (χ2v) is 6.56. The van der Waals surface area contributed by atoms with Crippen LogP contribution in [0.1, 0.15) is 11.8 Å². The van der Waals surface area contributed by atoms with Crippen molar-refractivity contribution in [1.29, 1.82) is 0 Å². The van der Waals surface area contributed by atoms with Gasteiger partial charge in [0, 0.05) is 5.56 Å². The first-order valence-electron chi connectivity index (χ1n) is 8.98. The molecule has 160 valence electrons. The van der Waals surface area contributed by atoms with Gasteiger partial charge >= 0.3 is 6.61 Å². The maximum absolute atomic E-state index is 12.6. The highest BCUT2D eigenvalue weighted by atomic mass is 19.3. The van der Waals surface area contributed by atoms with E-state index in [1.165, 1.54) is 23.3 Å². The molecule has 0 saturated carbocycles. The molecule has 4 atom stereocenters. The molecule has 12 heteroatoms. The lowest BCUT2D eigenvalue weighted by molar-refractivity contribution is -0.0788. The highest BCUT2D eigenvalue weighted by Gasteiger charge is 2.46. The molecule has 3 aromatic rings. The third-order valence-corrected chi connectivity index (χ3v) is 4.75. The third-order valence-electron chi connectivity index (χ3n) is 4.75. The number of imidazole rings is 1. The van der Waals surface area contributed by atoms with Crippen molar-refractivity contribution in [2.45, 2.75) is 37.8 Å². The summed E-state index contributed by atoms with van der Waals surface area (Å²) in [5.41, 5.74) is 0.148. The number of aromatic amines is 1. The molecule has 1 aliphatic rings. The summed E-state index contributed by atoms with van der Waals surface area (Å²) >= 11 is 0. The van der Waals surface area contributed by atoms with E-state index in [1.807, 2.05) is 0 Å². The molecule has 30 heavy (non-hydrogen) atoms. The van der Waals surface area contributed by atoms with E-state index < -0.39 is 43.3 Å². The van der Waals surface area contributed by atoms with Crippen LogP contribution in [-0.4, -0.2) is 61.3 Å². The van der Waals surface area contributed by atoms with Gasteiger partial charge in [0.2, 0.25) is 0 Å².